The highest BCUT2D eigenvalue weighted by atomic mass is 79.9. The highest BCUT2D eigenvalue weighted by Crippen LogP contribution is 2.20. The van der Waals surface area contributed by atoms with Gasteiger partial charge in [0, 0.05) is 23.3 Å². The molecular weight excluding hydrogens is 328 g/mol. The van der Waals surface area contributed by atoms with Crippen LogP contribution in [-0.4, -0.2) is 30.1 Å². The summed E-state index contributed by atoms with van der Waals surface area (Å²) in [5.74, 6) is 0.958. The number of nitrogens with zero attached hydrogens (tertiary/aromatic N) is 2. The number of ether oxygens (including phenoxy) is 1. The van der Waals surface area contributed by atoms with E-state index in [0.717, 1.165) is 28.9 Å². The molecule has 0 aliphatic rings. The zero-order chi connectivity index (χ0) is 15.2. The molecule has 0 aliphatic carbocycles. The summed E-state index contributed by atoms with van der Waals surface area (Å²) in [6.45, 7) is 3.06. The van der Waals surface area contributed by atoms with Gasteiger partial charge in [-0.1, -0.05) is 18.2 Å². The monoisotopic (exact) mass is 348 g/mol. The normalized spacial score (nSPS) is 12.4. The van der Waals surface area contributed by atoms with Crippen molar-refractivity contribution in [1.82, 2.24) is 9.88 Å². The molecule has 0 aliphatic heterocycles. The molecular formula is C17H21BrN2O. The van der Waals surface area contributed by atoms with Gasteiger partial charge >= 0.3 is 0 Å². The average molecular weight is 349 g/mol. The van der Waals surface area contributed by atoms with Crippen LogP contribution in [0.5, 0.6) is 5.75 Å². The second-order valence-electron chi connectivity index (χ2n) is 5.25. The van der Waals surface area contributed by atoms with Crippen molar-refractivity contribution in [1.29, 1.82) is 0 Å². The van der Waals surface area contributed by atoms with Crippen LogP contribution >= 0.6 is 15.9 Å². The van der Waals surface area contributed by atoms with Gasteiger partial charge in [-0.3, -0.25) is 9.88 Å². The number of aromatic nitrogens is 1. The Kier molecular flexibility index (Phi) is 5.76. The molecule has 1 heterocycles. The smallest absolute Gasteiger partial charge is 0.122 e. The summed E-state index contributed by atoms with van der Waals surface area (Å²) >= 11 is 3.41. The first-order chi connectivity index (χ1) is 10.1. The minimum absolute atomic E-state index is 0.409. The van der Waals surface area contributed by atoms with Crippen molar-refractivity contribution >= 4 is 15.9 Å². The molecule has 1 aromatic carbocycles. The van der Waals surface area contributed by atoms with Gasteiger partial charge in [0.15, 0.2) is 0 Å². The van der Waals surface area contributed by atoms with Gasteiger partial charge in [-0.15, -0.1) is 0 Å². The Morgan fingerprint density at radius 1 is 1.24 bits per heavy atom. The molecule has 0 radical (unpaired) electrons. The summed E-state index contributed by atoms with van der Waals surface area (Å²) in [4.78, 5) is 6.74. The average Bonchev–Trinajstić information content (AvgIpc) is 2.50. The lowest BCUT2D eigenvalue weighted by Crippen LogP contribution is -2.30. The van der Waals surface area contributed by atoms with Crippen molar-refractivity contribution in [3.05, 3.63) is 58.3 Å². The predicted molar refractivity (Wildman–Crippen MR) is 89.6 cm³/mol. The van der Waals surface area contributed by atoms with Crippen molar-refractivity contribution in [3.63, 3.8) is 0 Å². The van der Waals surface area contributed by atoms with E-state index < -0.39 is 0 Å². The van der Waals surface area contributed by atoms with Crippen LogP contribution in [0, 0.1) is 0 Å². The molecule has 2 rings (SSSR count). The van der Waals surface area contributed by atoms with E-state index in [-0.39, 0.29) is 0 Å². The molecule has 0 saturated heterocycles. The minimum atomic E-state index is 0.409. The quantitative estimate of drug-likeness (QED) is 0.791. The van der Waals surface area contributed by atoms with Gasteiger partial charge in [-0.2, -0.15) is 0 Å². The number of para-hydroxylation sites is 1. The molecule has 1 aromatic heterocycles. The van der Waals surface area contributed by atoms with Crippen LogP contribution in [0.3, 0.4) is 0 Å². The zero-order valence-corrected chi connectivity index (χ0v) is 14.3. The number of halogens is 1. The third kappa shape index (κ3) is 4.55. The van der Waals surface area contributed by atoms with Crippen LogP contribution in [0.15, 0.2) is 47.1 Å². The molecule has 0 amide bonds. The van der Waals surface area contributed by atoms with Gasteiger partial charge in [0.2, 0.25) is 0 Å². The first-order valence-corrected chi connectivity index (χ1v) is 7.82. The number of hydrogen-bond acceptors (Lipinski definition) is 3. The van der Waals surface area contributed by atoms with Gasteiger partial charge < -0.3 is 4.74 Å². The Labute approximate surface area is 135 Å². The number of benzene rings is 1. The highest BCUT2D eigenvalue weighted by molar-refractivity contribution is 9.10. The van der Waals surface area contributed by atoms with Crippen LogP contribution in [0.1, 0.15) is 18.2 Å². The molecule has 4 heteroatoms. The summed E-state index contributed by atoms with van der Waals surface area (Å²) < 4.78 is 6.43. The second-order valence-corrected chi connectivity index (χ2v) is 6.16. The molecule has 0 N–H and O–H groups in total. The fourth-order valence-electron chi connectivity index (χ4n) is 2.26. The first-order valence-electron chi connectivity index (χ1n) is 7.02. The molecule has 0 bridgehead atoms. The molecule has 1 atom stereocenters. The minimum Gasteiger partial charge on any atom is -0.496 e. The van der Waals surface area contributed by atoms with Crippen LogP contribution in [0.25, 0.3) is 0 Å². The van der Waals surface area contributed by atoms with E-state index in [1.165, 1.54) is 5.56 Å². The van der Waals surface area contributed by atoms with Crippen LogP contribution < -0.4 is 4.74 Å². The van der Waals surface area contributed by atoms with E-state index in [4.69, 9.17) is 4.74 Å². The summed E-state index contributed by atoms with van der Waals surface area (Å²) in [6, 6.07) is 12.7. The van der Waals surface area contributed by atoms with Crippen LogP contribution in [-0.2, 0) is 13.0 Å². The third-order valence-electron chi connectivity index (χ3n) is 3.66. The van der Waals surface area contributed by atoms with Crippen molar-refractivity contribution in [2.45, 2.75) is 25.9 Å². The van der Waals surface area contributed by atoms with E-state index in [0.29, 0.717) is 6.04 Å². The summed E-state index contributed by atoms with van der Waals surface area (Å²) in [5, 5.41) is 0. The standard InChI is InChI=1S/C17H21BrN2O/c1-13(10-14-6-4-5-7-17(14)21-3)20(2)12-16-9-8-15(18)11-19-16/h4-9,11,13H,10,12H2,1-3H3. The van der Waals surface area contributed by atoms with E-state index >= 15 is 0 Å². The maximum atomic E-state index is 5.42. The van der Waals surface area contributed by atoms with Crippen molar-refractivity contribution in [2.75, 3.05) is 14.2 Å². The first kappa shape index (κ1) is 16.0. The van der Waals surface area contributed by atoms with Crippen molar-refractivity contribution in [2.24, 2.45) is 0 Å². The fraction of sp³-hybridized carbons (Fsp3) is 0.353. The Balaban J connectivity index is 1.99. The second kappa shape index (κ2) is 7.57. The topological polar surface area (TPSA) is 25.4 Å². The largest absolute Gasteiger partial charge is 0.496 e. The molecule has 0 fully saturated rings. The summed E-state index contributed by atoms with van der Waals surface area (Å²) in [6.07, 6.45) is 2.80. The Morgan fingerprint density at radius 3 is 2.67 bits per heavy atom. The summed E-state index contributed by atoms with van der Waals surface area (Å²) in [5.41, 5.74) is 2.32. The van der Waals surface area contributed by atoms with Gasteiger partial charge in [0.25, 0.3) is 0 Å². The lowest BCUT2D eigenvalue weighted by Gasteiger charge is -2.25. The van der Waals surface area contributed by atoms with Gasteiger partial charge in [0.1, 0.15) is 5.75 Å². The van der Waals surface area contributed by atoms with Crippen LogP contribution in [0.4, 0.5) is 0 Å². The van der Waals surface area contributed by atoms with Crippen molar-refractivity contribution in [3.8, 4) is 5.75 Å². The Morgan fingerprint density at radius 2 is 2.00 bits per heavy atom. The van der Waals surface area contributed by atoms with E-state index in [1.807, 2.05) is 24.4 Å². The lowest BCUT2D eigenvalue weighted by molar-refractivity contribution is 0.243. The zero-order valence-electron chi connectivity index (χ0n) is 12.7. The molecule has 1 unspecified atom stereocenters. The molecule has 3 nitrogen and oxygen atoms in total. The van der Waals surface area contributed by atoms with Gasteiger partial charge in [-0.25, -0.2) is 0 Å². The van der Waals surface area contributed by atoms with Gasteiger partial charge in [-0.05, 0) is 60.1 Å². The van der Waals surface area contributed by atoms with E-state index in [9.17, 15) is 0 Å². The number of rotatable bonds is 6. The number of likely N-dealkylation sites (N-methyl/N-ethyl adjacent to an activating group) is 1. The molecule has 0 saturated carbocycles. The number of methoxy groups -OCH3 is 1. The maximum absolute atomic E-state index is 5.42. The van der Waals surface area contributed by atoms with Crippen LogP contribution in [0.2, 0.25) is 0 Å². The molecule has 2 aromatic rings. The van der Waals surface area contributed by atoms with Crippen molar-refractivity contribution < 1.29 is 4.74 Å². The van der Waals surface area contributed by atoms with E-state index in [2.05, 4.69) is 58.0 Å². The predicted octanol–water partition coefficient (Wildman–Crippen LogP) is 3.92. The van der Waals surface area contributed by atoms with Gasteiger partial charge in [0.05, 0.1) is 12.8 Å². The number of pyridine rings is 1. The SMILES string of the molecule is COc1ccccc1CC(C)N(C)Cc1ccc(Br)cn1. The highest BCUT2D eigenvalue weighted by Gasteiger charge is 2.13. The lowest BCUT2D eigenvalue weighted by atomic mass is 10.0. The Bertz CT molecular complexity index is 571. The molecule has 112 valence electrons. The third-order valence-corrected chi connectivity index (χ3v) is 4.13. The molecule has 0 spiro atoms. The summed E-state index contributed by atoms with van der Waals surface area (Å²) in [7, 11) is 3.85. The maximum Gasteiger partial charge on any atom is 0.122 e. The Hall–Kier alpha value is -1.39. The van der Waals surface area contributed by atoms with E-state index in [1.54, 1.807) is 7.11 Å². The molecule has 21 heavy (non-hydrogen) atoms. The fourth-order valence-corrected chi connectivity index (χ4v) is 2.49. The number of hydrogen-bond donors (Lipinski definition) is 0.